The van der Waals surface area contributed by atoms with Gasteiger partial charge in [0, 0.05) is 27.3 Å². The third-order valence-corrected chi connectivity index (χ3v) is 4.27. The summed E-state index contributed by atoms with van der Waals surface area (Å²) < 4.78 is 31.3. The number of methoxy groups -OCH3 is 5. The van der Waals surface area contributed by atoms with Crippen molar-refractivity contribution in [1.82, 2.24) is 4.90 Å². The van der Waals surface area contributed by atoms with Gasteiger partial charge in [-0.25, -0.2) is 4.79 Å². The van der Waals surface area contributed by atoms with Crippen LogP contribution in [0.25, 0.3) is 0 Å². The minimum atomic E-state index is -0.900. The number of aryl methyl sites for hydroxylation is 1. The number of hydrogen-bond donors (Lipinski definition) is 0. The van der Waals surface area contributed by atoms with E-state index in [1.807, 2.05) is 6.92 Å². The minimum Gasteiger partial charge on any atom is -0.493 e. The first-order valence-corrected chi connectivity index (χ1v) is 9.14. The van der Waals surface area contributed by atoms with E-state index in [1.54, 1.807) is 31.3 Å². The topological polar surface area (TPSA) is 92.8 Å². The summed E-state index contributed by atoms with van der Waals surface area (Å²) in [6.45, 7) is 3.41. The van der Waals surface area contributed by atoms with Gasteiger partial charge in [0.05, 0.1) is 41.0 Å². The Morgan fingerprint density at radius 2 is 1.45 bits per heavy atom. The van der Waals surface area contributed by atoms with Crippen LogP contribution < -0.4 is 14.2 Å². The van der Waals surface area contributed by atoms with Crippen molar-refractivity contribution in [2.75, 3.05) is 61.9 Å². The number of rotatable bonds is 13. The van der Waals surface area contributed by atoms with Crippen LogP contribution in [-0.4, -0.2) is 84.7 Å². The molecule has 1 aromatic rings. The van der Waals surface area contributed by atoms with Gasteiger partial charge in [-0.3, -0.25) is 9.69 Å². The quantitative estimate of drug-likeness (QED) is 0.352. The number of hydrogen-bond acceptors (Lipinski definition) is 9. The van der Waals surface area contributed by atoms with Crippen molar-refractivity contribution in [1.29, 1.82) is 0 Å². The Balaban J connectivity index is 3.21. The van der Waals surface area contributed by atoms with Crippen LogP contribution in [0.3, 0.4) is 0 Å². The number of nitrogens with zero attached hydrogens (tertiary/aromatic N) is 1. The maximum absolute atomic E-state index is 13.1. The van der Waals surface area contributed by atoms with Crippen LogP contribution >= 0.6 is 0 Å². The summed E-state index contributed by atoms with van der Waals surface area (Å²) in [5.74, 6) is -0.309. The van der Waals surface area contributed by atoms with Gasteiger partial charge in [-0.1, -0.05) is 0 Å². The molecule has 9 nitrogen and oxygen atoms in total. The first-order chi connectivity index (χ1) is 13.9. The molecule has 0 aliphatic heterocycles. The minimum absolute atomic E-state index is 0.152. The fourth-order valence-electron chi connectivity index (χ4n) is 2.72. The van der Waals surface area contributed by atoms with Crippen LogP contribution in [0.5, 0.6) is 17.2 Å². The third kappa shape index (κ3) is 7.52. The average molecular weight is 413 g/mol. The Kier molecular flexibility index (Phi) is 11.0. The van der Waals surface area contributed by atoms with E-state index in [2.05, 4.69) is 0 Å². The van der Waals surface area contributed by atoms with Crippen molar-refractivity contribution in [3.8, 4) is 17.2 Å². The van der Waals surface area contributed by atoms with Gasteiger partial charge in [-0.05, 0) is 24.6 Å². The van der Waals surface area contributed by atoms with E-state index >= 15 is 0 Å². The molecule has 164 valence electrons. The summed E-state index contributed by atoms with van der Waals surface area (Å²) >= 11 is 0. The van der Waals surface area contributed by atoms with E-state index in [-0.39, 0.29) is 12.2 Å². The van der Waals surface area contributed by atoms with E-state index in [1.165, 1.54) is 21.3 Å². The van der Waals surface area contributed by atoms with Gasteiger partial charge >= 0.3 is 11.9 Å². The van der Waals surface area contributed by atoms with Gasteiger partial charge in [-0.15, -0.1) is 0 Å². The molecule has 0 aliphatic carbocycles. The molecule has 0 aromatic heterocycles. The number of benzene rings is 1. The molecular weight excluding hydrogens is 382 g/mol. The second-order valence-electron chi connectivity index (χ2n) is 6.24. The van der Waals surface area contributed by atoms with Crippen molar-refractivity contribution in [2.45, 2.75) is 19.4 Å². The van der Waals surface area contributed by atoms with Crippen molar-refractivity contribution >= 4 is 11.9 Å². The number of esters is 2. The van der Waals surface area contributed by atoms with Gasteiger partial charge in [0.15, 0.2) is 11.5 Å². The highest BCUT2D eigenvalue weighted by Crippen LogP contribution is 2.38. The summed E-state index contributed by atoms with van der Waals surface area (Å²) in [5.41, 5.74) is 0.881. The molecule has 0 aliphatic rings. The van der Waals surface area contributed by atoms with Gasteiger partial charge in [0.1, 0.15) is 6.04 Å². The van der Waals surface area contributed by atoms with Crippen LogP contribution in [0.2, 0.25) is 0 Å². The molecule has 0 fully saturated rings. The Hall–Kier alpha value is -2.36. The fourth-order valence-corrected chi connectivity index (χ4v) is 2.72. The van der Waals surface area contributed by atoms with Crippen LogP contribution in [-0.2, 0) is 23.8 Å². The van der Waals surface area contributed by atoms with E-state index in [4.69, 9.17) is 28.4 Å². The lowest BCUT2D eigenvalue weighted by atomic mass is 10.1. The third-order valence-electron chi connectivity index (χ3n) is 4.27. The van der Waals surface area contributed by atoms with E-state index in [9.17, 15) is 9.59 Å². The molecule has 29 heavy (non-hydrogen) atoms. The second-order valence-corrected chi connectivity index (χ2v) is 6.24. The van der Waals surface area contributed by atoms with Gasteiger partial charge in [-0.2, -0.15) is 0 Å². The summed E-state index contributed by atoms with van der Waals surface area (Å²) in [6, 6.07) is 2.56. The van der Waals surface area contributed by atoms with Crippen LogP contribution in [0.15, 0.2) is 12.1 Å². The maximum Gasteiger partial charge on any atom is 0.329 e. The predicted octanol–water partition coefficient (Wildman–Crippen LogP) is 1.44. The molecular formula is C20H31NO8. The van der Waals surface area contributed by atoms with Crippen molar-refractivity contribution in [3.63, 3.8) is 0 Å². The molecule has 0 saturated heterocycles. The lowest BCUT2D eigenvalue weighted by Gasteiger charge is -2.29. The summed E-state index contributed by atoms with van der Waals surface area (Å²) in [7, 11) is 7.33. The SMILES string of the molecule is COCCN(CCOC)C(CC(=O)OC)C(=O)Oc1c(OC)cc(C)cc1OC. The molecule has 0 bridgehead atoms. The Labute approximate surface area is 171 Å². The normalized spacial score (nSPS) is 11.8. The zero-order valence-electron chi connectivity index (χ0n) is 18.0. The lowest BCUT2D eigenvalue weighted by Crippen LogP contribution is -2.47. The molecule has 0 saturated carbocycles. The standard InChI is InChI=1S/C20H31NO8/c1-14-11-16(26-4)19(17(12-14)27-5)29-20(23)15(13-18(22)28-6)21(7-9-24-2)8-10-25-3/h11-12,15H,7-10,13H2,1-6H3. The van der Waals surface area contributed by atoms with Crippen molar-refractivity contribution < 1.29 is 38.0 Å². The molecule has 0 heterocycles. The van der Waals surface area contributed by atoms with Crippen LogP contribution in [0.1, 0.15) is 12.0 Å². The summed E-state index contributed by atoms with van der Waals surface area (Å²) in [4.78, 5) is 26.8. The Morgan fingerprint density at radius 3 is 1.86 bits per heavy atom. The van der Waals surface area contributed by atoms with Gasteiger partial charge < -0.3 is 28.4 Å². The largest absolute Gasteiger partial charge is 0.493 e. The highest BCUT2D eigenvalue weighted by atomic mass is 16.6. The van der Waals surface area contributed by atoms with E-state index < -0.39 is 18.0 Å². The first kappa shape index (κ1) is 24.7. The zero-order chi connectivity index (χ0) is 21.8. The van der Waals surface area contributed by atoms with Gasteiger partial charge in [0.2, 0.25) is 5.75 Å². The molecule has 1 aromatic carbocycles. The maximum atomic E-state index is 13.1. The molecule has 1 atom stereocenters. The molecule has 1 unspecified atom stereocenters. The monoisotopic (exact) mass is 413 g/mol. The molecule has 1 rings (SSSR count). The smallest absolute Gasteiger partial charge is 0.329 e. The molecule has 0 amide bonds. The van der Waals surface area contributed by atoms with E-state index in [0.29, 0.717) is 37.8 Å². The van der Waals surface area contributed by atoms with Crippen LogP contribution in [0, 0.1) is 6.92 Å². The highest BCUT2D eigenvalue weighted by molar-refractivity contribution is 5.85. The first-order valence-electron chi connectivity index (χ1n) is 9.14. The zero-order valence-corrected chi connectivity index (χ0v) is 18.0. The molecule has 9 heteroatoms. The second kappa shape index (κ2) is 13.0. The van der Waals surface area contributed by atoms with E-state index in [0.717, 1.165) is 5.56 Å². The number of carbonyl (C=O) groups excluding carboxylic acids is 2. The number of ether oxygens (including phenoxy) is 6. The Morgan fingerprint density at radius 1 is 0.931 bits per heavy atom. The lowest BCUT2D eigenvalue weighted by molar-refractivity contribution is -0.150. The predicted molar refractivity (Wildman–Crippen MR) is 106 cm³/mol. The molecule has 0 radical (unpaired) electrons. The summed E-state index contributed by atoms with van der Waals surface area (Å²) in [5, 5.41) is 0. The number of carbonyl (C=O) groups is 2. The summed E-state index contributed by atoms with van der Waals surface area (Å²) in [6.07, 6.45) is -0.181. The fraction of sp³-hybridized carbons (Fsp3) is 0.600. The van der Waals surface area contributed by atoms with Crippen LogP contribution in [0.4, 0.5) is 0 Å². The van der Waals surface area contributed by atoms with Crippen molar-refractivity contribution in [3.05, 3.63) is 17.7 Å². The molecule has 0 N–H and O–H groups in total. The van der Waals surface area contributed by atoms with Gasteiger partial charge in [0.25, 0.3) is 0 Å². The highest BCUT2D eigenvalue weighted by Gasteiger charge is 2.32. The Bertz CT molecular complexity index is 631. The van der Waals surface area contributed by atoms with Crippen molar-refractivity contribution in [2.24, 2.45) is 0 Å². The average Bonchev–Trinajstić information content (AvgIpc) is 2.72. The molecule has 0 spiro atoms.